The van der Waals surface area contributed by atoms with E-state index in [1.165, 1.54) is 0 Å². The minimum Gasteiger partial charge on any atom is -0.408 e. The summed E-state index contributed by atoms with van der Waals surface area (Å²) in [6.45, 7) is 9.44. The van der Waals surface area contributed by atoms with Crippen molar-refractivity contribution < 1.29 is 4.42 Å². The Kier molecular flexibility index (Phi) is 4.57. The van der Waals surface area contributed by atoms with Crippen molar-refractivity contribution in [1.29, 1.82) is 0 Å². The lowest BCUT2D eigenvalue weighted by atomic mass is 9.78. The number of aromatic nitrogens is 1. The standard InChI is InChI=1S/C17H26N2O2/c1-6-10-19-13-9-8-12(11-14(13)21-16(19)20)15(18-5)17(3,4)7-2/h8-9,11,15,18H,6-7,10H2,1-5H3. The molecule has 0 aliphatic carbocycles. The fraction of sp³-hybridized carbons (Fsp3) is 0.588. The molecule has 1 heterocycles. The number of fused-ring (bicyclic) bond motifs is 1. The fourth-order valence-corrected chi connectivity index (χ4v) is 2.91. The molecule has 4 nitrogen and oxygen atoms in total. The first-order chi connectivity index (χ1) is 9.94. The van der Waals surface area contributed by atoms with Gasteiger partial charge in [0.1, 0.15) is 0 Å². The van der Waals surface area contributed by atoms with Crippen molar-refractivity contribution in [2.45, 2.75) is 53.1 Å². The molecule has 1 aromatic heterocycles. The lowest BCUT2D eigenvalue weighted by molar-refractivity contribution is 0.245. The van der Waals surface area contributed by atoms with Crippen LogP contribution in [0.5, 0.6) is 0 Å². The van der Waals surface area contributed by atoms with Gasteiger partial charge in [-0.05, 0) is 43.0 Å². The van der Waals surface area contributed by atoms with Gasteiger partial charge < -0.3 is 9.73 Å². The summed E-state index contributed by atoms with van der Waals surface area (Å²) >= 11 is 0. The first kappa shape index (κ1) is 15.8. The predicted molar refractivity (Wildman–Crippen MR) is 86.6 cm³/mol. The monoisotopic (exact) mass is 290 g/mol. The van der Waals surface area contributed by atoms with Crippen LogP contribution in [0.4, 0.5) is 0 Å². The lowest BCUT2D eigenvalue weighted by Crippen LogP contribution is -2.31. The Morgan fingerprint density at radius 3 is 2.62 bits per heavy atom. The number of hydrogen-bond donors (Lipinski definition) is 1. The third kappa shape index (κ3) is 2.91. The molecule has 0 saturated heterocycles. The summed E-state index contributed by atoms with van der Waals surface area (Å²) in [5.41, 5.74) is 2.86. The highest BCUT2D eigenvalue weighted by molar-refractivity contribution is 5.74. The van der Waals surface area contributed by atoms with Crippen LogP contribution < -0.4 is 11.1 Å². The summed E-state index contributed by atoms with van der Waals surface area (Å²) in [6.07, 6.45) is 1.98. The highest BCUT2D eigenvalue weighted by Gasteiger charge is 2.28. The van der Waals surface area contributed by atoms with Gasteiger partial charge in [-0.3, -0.25) is 4.57 Å². The highest BCUT2D eigenvalue weighted by Crippen LogP contribution is 2.36. The summed E-state index contributed by atoms with van der Waals surface area (Å²) in [7, 11) is 1.98. The van der Waals surface area contributed by atoms with Crippen molar-refractivity contribution in [1.82, 2.24) is 9.88 Å². The van der Waals surface area contributed by atoms with E-state index < -0.39 is 0 Å². The third-order valence-corrected chi connectivity index (χ3v) is 4.45. The van der Waals surface area contributed by atoms with Crippen LogP contribution in [-0.4, -0.2) is 11.6 Å². The normalized spacial score (nSPS) is 13.8. The van der Waals surface area contributed by atoms with Crippen LogP contribution in [0.3, 0.4) is 0 Å². The Balaban J connectivity index is 2.50. The van der Waals surface area contributed by atoms with Gasteiger partial charge in [0.2, 0.25) is 0 Å². The van der Waals surface area contributed by atoms with Crippen LogP contribution >= 0.6 is 0 Å². The first-order valence-electron chi connectivity index (χ1n) is 7.75. The van der Waals surface area contributed by atoms with Crippen molar-refractivity contribution >= 4 is 11.1 Å². The van der Waals surface area contributed by atoms with Gasteiger partial charge in [0.25, 0.3) is 0 Å². The van der Waals surface area contributed by atoms with E-state index in [0.717, 1.165) is 23.9 Å². The van der Waals surface area contributed by atoms with E-state index in [0.29, 0.717) is 12.1 Å². The molecular weight excluding hydrogens is 264 g/mol. The van der Waals surface area contributed by atoms with E-state index in [2.05, 4.69) is 39.1 Å². The molecule has 116 valence electrons. The molecule has 0 bridgehead atoms. The maximum atomic E-state index is 11.9. The number of nitrogens with zero attached hydrogens (tertiary/aromatic N) is 1. The predicted octanol–water partition coefficient (Wildman–Crippen LogP) is 3.70. The van der Waals surface area contributed by atoms with E-state index in [9.17, 15) is 4.79 Å². The zero-order chi connectivity index (χ0) is 15.6. The van der Waals surface area contributed by atoms with Gasteiger partial charge in [-0.25, -0.2) is 4.79 Å². The van der Waals surface area contributed by atoms with Crippen LogP contribution in [-0.2, 0) is 6.54 Å². The van der Waals surface area contributed by atoms with Gasteiger partial charge in [-0.2, -0.15) is 0 Å². The molecule has 0 aliphatic heterocycles. The number of nitrogens with one attached hydrogen (secondary N) is 1. The fourth-order valence-electron chi connectivity index (χ4n) is 2.91. The topological polar surface area (TPSA) is 47.2 Å². The van der Waals surface area contributed by atoms with Crippen molar-refractivity contribution in [3.8, 4) is 0 Å². The van der Waals surface area contributed by atoms with E-state index in [1.807, 2.05) is 19.2 Å². The summed E-state index contributed by atoms with van der Waals surface area (Å²) in [6, 6.07) is 6.33. The number of rotatable bonds is 6. The molecule has 1 aromatic carbocycles. The van der Waals surface area contributed by atoms with Crippen LogP contribution in [0.1, 0.15) is 52.1 Å². The van der Waals surface area contributed by atoms with Gasteiger partial charge in [0.05, 0.1) is 5.52 Å². The average Bonchev–Trinajstić information content (AvgIpc) is 2.75. The molecule has 2 rings (SSSR count). The molecule has 1 unspecified atom stereocenters. The SMILES string of the molecule is CCCn1c(=O)oc2cc(C(NC)C(C)(C)CC)ccc21. The zero-order valence-corrected chi connectivity index (χ0v) is 13.7. The summed E-state index contributed by atoms with van der Waals surface area (Å²) in [5.74, 6) is -0.264. The average molecular weight is 290 g/mol. The maximum absolute atomic E-state index is 11.9. The molecule has 0 saturated carbocycles. The number of aryl methyl sites for hydroxylation is 1. The van der Waals surface area contributed by atoms with Crippen LogP contribution in [0.2, 0.25) is 0 Å². The number of oxazole rings is 1. The minimum atomic E-state index is -0.264. The van der Waals surface area contributed by atoms with Gasteiger partial charge >= 0.3 is 5.76 Å². The molecule has 0 spiro atoms. The van der Waals surface area contributed by atoms with Crippen molar-refractivity contribution in [3.63, 3.8) is 0 Å². The second-order valence-electron chi connectivity index (χ2n) is 6.31. The van der Waals surface area contributed by atoms with E-state index >= 15 is 0 Å². The largest absolute Gasteiger partial charge is 0.419 e. The van der Waals surface area contributed by atoms with E-state index in [4.69, 9.17) is 4.42 Å². The Morgan fingerprint density at radius 2 is 2.05 bits per heavy atom. The summed E-state index contributed by atoms with van der Waals surface area (Å²) < 4.78 is 7.12. The maximum Gasteiger partial charge on any atom is 0.419 e. The van der Waals surface area contributed by atoms with Crippen molar-refractivity contribution in [2.24, 2.45) is 5.41 Å². The van der Waals surface area contributed by atoms with Crippen LogP contribution in [0, 0.1) is 5.41 Å². The number of hydrogen-bond acceptors (Lipinski definition) is 3. The molecular formula is C17H26N2O2. The third-order valence-electron chi connectivity index (χ3n) is 4.45. The molecule has 4 heteroatoms. The summed E-state index contributed by atoms with van der Waals surface area (Å²) in [4.78, 5) is 11.9. The smallest absolute Gasteiger partial charge is 0.408 e. The minimum absolute atomic E-state index is 0.134. The Hall–Kier alpha value is -1.55. The quantitative estimate of drug-likeness (QED) is 0.882. The zero-order valence-electron chi connectivity index (χ0n) is 13.7. The second kappa shape index (κ2) is 6.06. The molecule has 0 fully saturated rings. The lowest BCUT2D eigenvalue weighted by Gasteiger charge is -2.33. The Morgan fingerprint density at radius 1 is 1.33 bits per heavy atom. The molecule has 1 N–H and O–H groups in total. The van der Waals surface area contributed by atoms with E-state index in [-0.39, 0.29) is 17.2 Å². The first-order valence-corrected chi connectivity index (χ1v) is 7.75. The van der Waals surface area contributed by atoms with Gasteiger partial charge in [0.15, 0.2) is 5.58 Å². The summed E-state index contributed by atoms with van der Waals surface area (Å²) in [5, 5.41) is 3.39. The molecule has 21 heavy (non-hydrogen) atoms. The molecule has 2 aromatic rings. The highest BCUT2D eigenvalue weighted by atomic mass is 16.4. The number of benzene rings is 1. The van der Waals surface area contributed by atoms with Crippen LogP contribution in [0.25, 0.3) is 11.1 Å². The molecule has 0 aliphatic rings. The van der Waals surface area contributed by atoms with E-state index in [1.54, 1.807) is 4.57 Å². The molecule has 0 radical (unpaired) electrons. The van der Waals surface area contributed by atoms with Crippen molar-refractivity contribution in [2.75, 3.05) is 7.05 Å². The Bertz CT molecular complexity index is 667. The van der Waals surface area contributed by atoms with Gasteiger partial charge in [-0.1, -0.05) is 33.8 Å². The van der Waals surface area contributed by atoms with Gasteiger partial charge in [0, 0.05) is 12.6 Å². The molecule has 1 atom stereocenters. The van der Waals surface area contributed by atoms with Gasteiger partial charge in [-0.15, -0.1) is 0 Å². The molecule has 0 amide bonds. The van der Waals surface area contributed by atoms with Crippen LogP contribution in [0.15, 0.2) is 27.4 Å². The van der Waals surface area contributed by atoms with Crippen molar-refractivity contribution in [3.05, 3.63) is 34.3 Å². The second-order valence-corrected chi connectivity index (χ2v) is 6.31. The Labute approximate surface area is 126 Å².